The van der Waals surface area contributed by atoms with E-state index in [9.17, 15) is 10.2 Å². The molecular weight excluding hydrogens is 304 g/mol. The fourth-order valence-electron chi connectivity index (χ4n) is 4.41. The summed E-state index contributed by atoms with van der Waals surface area (Å²) in [6.45, 7) is 17.6. The Bertz CT molecular complexity index is 537. The van der Waals surface area contributed by atoms with Crippen LogP contribution in [0.5, 0.6) is 0 Å². The van der Waals surface area contributed by atoms with Gasteiger partial charge in [-0.3, -0.25) is 0 Å². The molecular formula is C19H32O3Si. The van der Waals surface area contributed by atoms with E-state index in [-0.39, 0.29) is 22.9 Å². The number of ether oxygens (including phenoxy) is 1. The lowest BCUT2D eigenvalue weighted by molar-refractivity contribution is -0.131. The average molecular weight is 337 g/mol. The van der Waals surface area contributed by atoms with E-state index >= 15 is 0 Å². The molecule has 3 nitrogen and oxygen atoms in total. The number of rotatable bonds is 2. The first-order valence-electron chi connectivity index (χ1n) is 8.58. The molecule has 0 spiro atoms. The first kappa shape index (κ1) is 18.7. The number of aliphatic hydroxyl groups excluding tert-OH is 2. The Hall–Kier alpha value is -0.603. The highest BCUT2D eigenvalue weighted by atomic mass is 28.3. The zero-order valence-electron chi connectivity index (χ0n) is 15.4. The molecule has 1 heterocycles. The summed E-state index contributed by atoms with van der Waals surface area (Å²) < 4.78 is 5.92. The Morgan fingerprint density at radius 1 is 1.26 bits per heavy atom. The second kappa shape index (κ2) is 6.04. The quantitative estimate of drug-likeness (QED) is 0.463. The van der Waals surface area contributed by atoms with Crippen LogP contribution in [0, 0.1) is 28.2 Å². The van der Waals surface area contributed by atoms with Crippen molar-refractivity contribution in [2.24, 2.45) is 16.7 Å². The second-order valence-corrected chi connectivity index (χ2v) is 13.9. The van der Waals surface area contributed by atoms with Gasteiger partial charge in [-0.15, -0.1) is 5.54 Å². The predicted molar refractivity (Wildman–Crippen MR) is 96.6 cm³/mol. The monoisotopic (exact) mass is 336 g/mol. The highest BCUT2D eigenvalue weighted by Gasteiger charge is 2.59. The van der Waals surface area contributed by atoms with E-state index < -0.39 is 20.3 Å². The highest BCUT2D eigenvalue weighted by molar-refractivity contribution is 6.83. The lowest BCUT2D eigenvalue weighted by Gasteiger charge is -2.54. The molecule has 2 rings (SSSR count). The van der Waals surface area contributed by atoms with Crippen LogP contribution in [-0.2, 0) is 4.74 Å². The van der Waals surface area contributed by atoms with Gasteiger partial charge in [0.15, 0.2) is 0 Å². The maximum Gasteiger partial charge on any atom is 0.140 e. The minimum atomic E-state index is -1.58. The molecule has 130 valence electrons. The van der Waals surface area contributed by atoms with Gasteiger partial charge in [-0.05, 0) is 23.8 Å². The highest BCUT2D eigenvalue weighted by Crippen LogP contribution is 2.59. The number of hydrogen-bond donors (Lipinski definition) is 2. The van der Waals surface area contributed by atoms with Crippen LogP contribution >= 0.6 is 0 Å². The van der Waals surface area contributed by atoms with Gasteiger partial charge in [-0.25, -0.2) is 0 Å². The van der Waals surface area contributed by atoms with Crippen LogP contribution in [0.1, 0.15) is 33.6 Å². The molecule has 4 heteroatoms. The normalized spacial score (nSPS) is 35.9. The molecule has 0 aromatic carbocycles. The Balaban J connectivity index is 2.35. The first-order valence-corrected chi connectivity index (χ1v) is 12.1. The molecule has 0 bridgehead atoms. The summed E-state index contributed by atoms with van der Waals surface area (Å²) in [7, 11) is -1.58. The SMILES string of the molecule is C=C1CO[C@H]2CCC(C)(C)C([C@@H](O)[C@@H](O)C#C[Si](C)(C)C)[C@@]12C. The molecule has 0 aromatic heterocycles. The maximum absolute atomic E-state index is 11.0. The van der Waals surface area contributed by atoms with Gasteiger partial charge in [-0.2, -0.15) is 0 Å². The van der Waals surface area contributed by atoms with Crippen LogP contribution in [0.3, 0.4) is 0 Å². The number of fused-ring (bicyclic) bond motifs is 1. The summed E-state index contributed by atoms with van der Waals surface area (Å²) in [4.78, 5) is 0. The predicted octanol–water partition coefficient (Wildman–Crippen LogP) is 2.99. The second-order valence-electron chi connectivity index (χ2n) is 9.15. The molecule has 2 fully saturated rings. The van der Waals surface area contributed by atoms with Crippen molar-refractivity contribution >= 4 is 8.07 Å². The topological polar surface area (TPSA) is 49.7 Å². The van der Waals surface area contributed by atoms with Crippen LogP contribution in [0.25, 0.3) is 0 Å². The zero-order chi connectivity index (χ0) is 17.6. The Morgan fingerprint density at radius 2 is 1.87 bits per heavy atom. The molecule has 23 heavy (non-hydrogen) atoms. The fourth-order valence-corrected chi connectivity index (χ4v) is 4.99. The smallest absolute Gasteiger partial charge is 0.140 e. The maximum atomic E-state index is 11.0. The molecule has 2 aliphatic rings. The Kier molecular flexibility index (Phi) is 4.92. The molecule has 2 N–H and O–H groups in total. The largest absolute Gasteiger partial charge is 0.389 e. The van der Waals surface area contributed by atoms with Gasteiger partial charge in [0.25, 0.3) is 0 Å². The van der Waals surface area contributed by atoms with E-state index in [0.29, 0.717) is 6.61 Å². The molecule has 1 aliphatic carbocycles. The molecule has 1 aliphatic heterocycles. The summed E-state index contributed by atoms with van der Waals surface area (Å²) in [5.41, 5.74) is 3.81. The van der Waals surface area contributed by atoms with Crippen LogP contribution in [0.15, 0.2) is 12.2 Å². The van der Waals surface area contributed by atoms with E-state index in [1.54, 1.807) is 0 Å². The van der Waals surface area contributed by atoms with E-state index in [1.807, 2.05) is 0 Å². The van der Waals surface area contributed by atoms with Crippen molar-refractivity contribution in [2.75, 3.05) is 6.61 Å². The summed E-state index contributed by atoms with van der Waals surface area (Å²) >= 11 is 0. The Labute approximate surface area is 142 Å². The summed E-state index contributed by atoms with van der Waals surface area (Å²) in [6.07, 6.45) is 0.119. The van der Waals surface area contributed by atoms with Crippen molar-refractivity contribution < 1.29 is 14.9 Å². The van der Waals surface area contributed by atoms with Gasteiger partial charge in [0.2, 0.25) is 0 Å². The van der Waals surface area contributed by atoms with Gasteiger partial charge >= 0.3 is 0 Å². The van der Waals surface area contributed by atoms with E-state index in [4.69, 9.17) is 4.74 Å². The molecule has 0 amide bonds. The lowest BCUT2D eigenvalue weighted by Crippen LogP contribution is -2.56. The third-order valence-corrected chi connectivity index (χ3v) is 6.58. The fraction of sp³-hybridized carbons (Fsp3) is 0.789. The van der Waals surface area contributed by atoms with Gasteiger partial charge in [0, 0.05) is 11.3 Å². The molecule has 5 atom stereocenters. The lowest BCUT2D eigenvalue weighted by atomic mass is 9.52. The average Bonchev–Trinajstić information content (AvgIpc) is 2.69. The molecule has 1 saturated carbocycles. The van der Waals surface area contributed by atoms with E-state index in [2.05, 4.69) is 58.5 Å². The van der Waals surface area contributed by atoms with Crippen LogP contribution in [-0.4, -0.2) is 43.2 Å². The number of hydrogen-bond acceptors (Lipinski definition) is 3. The van der Waals surface area contributed by atoms with Crippen LogP contribution in [0.2, 0.25) is 19.6 Å². The summed E-state index contributed by atoms with van der Waals surface area (Å²) in [5, 5.41) is 21.5. The van der Waals surface area contributed by atoms with Crippen molar-refractivity contribution in [3.05, 3.63) is 12.2 Å². The summed E-state index contributed by atoms with van der Waals surface area (Å²) in [6, 6.07) is 0. The van der Waals surface area contributed by atoms with Crippen molar-refractivity contribution in [3.8, 4) is 11.5 Å². The summed E-state index contributed by atoms with van der Waals surface area (Å²) in [5.74, 6) is 2.80. The van der Waals surface area contributed by atoms with Crippen molar-refractivity contribution in [3.63, 3.8) is 0 Å². The van der Waals surface area contributed by atoms with Crippen LogP contribution < -0.4 is 0 Å². The van der Waals surface area contributed by atoms with Gasteiger partial charge < -0.3 is 14.9 Å². The molecule has 0 aromatic rings. The van der Waals surface area contributed by atoms with Crippen molar-refractivity contribution in [1.82, 2.24) is 0 Å². The van der Waals surface area contributed by atoms with Gasteiger partial charge in [-0.1, -0.05) is 52.9 Å². The van der Waals surface area contributed by atoms with Gasteiger partial charge in [0.1, 0.15) is 14.2 Å². The minimum absolute atomic E-state index is 0.0832. The standard InChI is InChI=1S/C19H32O3Si/c1-13-12-22-15-8-10-18(2,3)17(19(13,15)4)16(21)14(20)9-11-23(5,6)7/h14-17,20-21H,1,8,10,12H2,2-7H3/t14-,15-,16-,17?,19-/m0/s1. The Morgan fingerprint density at radius 3 is 2.43 bits per heavy atom. The third-order valence-electron chi connectivity index (χ3n) is 5.69. The number of aliphatic hydroxyl groups is 2. The van der Waals surface area contributed by atoms with Crippen molar-refractivity contribution in [2.45, 2.75) is 71.6 Å². The molecule has 1 unspecified atom stereocenters. The molecule has 1 saturated heterocycles. The van der Waals surface area contributed by atoms with Crippen molar-refractivity contribution in [1.29, 1.82) is 0 Å². The zero-order valence-corrected chi connectivity index (χ0v) is 16.4. The van der Waals surface area contributed by atoms with Gasteiger partial charge in [0.05, 0.1) is 18.8 Å². The molecule has 0 radical (unpaired) electrons. The van der Waals surface area contributed by atoms with E-state index in [0.717, 1.165) is 18.4 Å². The third kappa shape index (κ3) is 3.44. The van der Waals surface area contributed by atoms with Crippen LogP contribution in [0.4, 0.5) is 0 Å². The minimum Gasteiger partial charge on any atom is -0.389 e. The first-order chi connectivity index (χ1) is 10.4. The van der Waals surface area contributed by atoms with E-state index in [1.165, 1.54) is 0 Å².